The van der Waals surface area contributed by atoms with E-state index in [1.807, 2.05) is 71.3 Å². The minimum Gasteiger partial charge on any atom is -0.300 e. The predicted octanol–water partition coefficient (Wildman–Crippen LogP) is 5.25. The summed E-state index contributed by atoms with van der Waals surface area (Å²) in [4.78, 5) is 5.18. The molecule has 2 N–H and O–H groups in total. The first kappa shape index (κ1) is 14.4. The van der Waals surface area contributed by atoms with Gasteiger partial charge in [0.15, 0.2) is 15.8 Å². The molecule has 0 saturated heterocycles. The molecule has 0 aliphatic heterocycles. The molecule has 0 bridgehead atoms. The summed E-state index contributed by atoms with van der Waals surface area (Å²) >= 11 is 1.51. The lowest BCUT2D eigenvalue weighted by Gasteiger charge is -2.07. The number of azo groups is 1. The van der Waals surface area contributed by atoms with Crippen LogP contribution in [0.1, 0.15) is 0 Å². The van der Waals surface area contributed by atoms with Gasteiger partial charge in [-0.05, 0) is 24.3 Å². The van der Waals surface area contributed by atoms with Crippen LogP contribution >= 0.6 is 11.3 Å². The summed E-state index contributed by atoms with van der Waals surface area (Å²) in [6.07, 6.45) is 3.63. The number of para-hydroxylation sites is 1. The number of benzene rings is 2. The lowest BCUT2D eigenvalue weighted by atomic mass is 10.3. The standard InChI is InChI=1S/C17H14N6S/c1-3-7-13(8-4-1)19-21-15-16(24-17-18-11-12-23(15)17)22-20-14-9-5-2-6-10-14/h1-12,20,22H. The molecule has 24 heavy (non-hydrogen) atoms. The van der Waals surface area contributed by atoms with E-state index in [1.54, 1.807) is 6.20 Å². The number of hydrazine groups is 1. The smallest absolute Gasteiger partial charge is 0.197 e. The third-order valence-electron chi connectivity index (χ3n) is 3.34. The highest BCUT2D eigenvalue weighted by atomic mass is 32.1. The van der Waals surface area contributed by atoms with Gasteiger partial charge in [-0.25, -0.2) is 4.98 Å². The van der Waals surface area contributed by atoms with Crippen molar-refractivity contribution in [3.8, 4) is 0 Å². The van der Waals surface area contributed by atoms with E-state index < -0.39 is 0 Å². The molecule has 0 aliphatic rings. The molecule has 2 heterocycles. The molecule has 7 heteroatoms. The largest absolute Gasteiger partial charge is 0.300 e. The summed E-state index contributed by atoms with van der Waals surface area (Å²) in [5.41, 5.74) is 8.13. The molecule has 0 fully saturated rings. The SMILES string of the molecule is c1ccc(N=Nc2c(NNc3ccccc3)sc3nccn23)cc1. The third kappa shape index (κ3) is 2.97. The van der Waals surface area contributed by atoms with E-state index in [1.165, 1.54) is 11.3 Å². The fourth-order valence-electron chi connectivity index (χ4n) is 2.20. The third-order valence-corrected chi connectivity index (χ3v) is 4.32. The Kier molecular flexibility index (Phi) is 3.91. The molecule has 2 aromatic carbocycles. The van der Waals surface area contributed by atoms with Crippen LogP contribution in [-0.2, 0) is 0 Å². The average molecular weight is 334 g/mol. The molecule has 6 nitrogen and oxygen atoms in total. The van der Waals surface area contributed by atoms with E-state index >= 15 is 0 Å². The highest BCUT2D eigenvalue weighted by Gasteiger charge is 2.12. The van der Waals surface area contributed by atoms with E-state index in [0.717, 1.165) is 21.3 Å². The van der Waals surface area contributed by atoms with Gasteiger partial charge in [0, 0.05) is 12.4 Å². The van der Waals surface area contributed by atoms with E-state index in [9.17, 15) is 0 Å². The second-order valence-corrected chi connectivity index (χ2v) is 5.96. The van der Waals surface area contributed by atoms with Crippen LogP contribution in [0.25, 0.3) is 4.96 Å². The van der Waals surface area contributed by atoms with Gasteiger partial charge in [0.1, 0.15) is 0 Å². The normalized spacial score (nSPS) is 11.2. The van der Waals surface area contributed by atoms with Crippen LogP contribution in [0.3, 0.4) is 0 Å². The maximum atomic E-state index is 4.40. The Morgan fingerprint density at radius 2 is 1.62 bits per heavy atom. The van der Waals surface area contributed by atoms with Gasteiger partial charge in [0.05, 0.1) is 11.4 Å². The Morgan fingerprint density at radius 1 is 0.875 bits per heavy atom. The number of thiazole rings is 1. The van der Waals surface area contributed by atoms with Crippen LogP contribution in [0.4, 0.5) is 22.2 Å². The highest BCUT2D eigenvalue weighted by Crippen LogP contribution is 2.35. The van der Waals surface area contributed by atoms with Crippen LogP contribution in [0, 0.1) is 0 Å². The molecule has 0 radical (unpaired) electrons. The minimum atomic E-state index is 0.708. The maximum absolute atomic E-state index is 4.40. The molecule has 118 valence electrons. The molecule has 4 aromatic rings. The lowest BCUT2D eigenvalue weighted by molar-refractivity contribution is 1.12. The summed E-state index contributed by atoms with van der Waals surface area (Å²) < 4.78 is 1.91. The van der Waals surface area contributed by atoms with Gasteiger partial charge in [0.2, 0.25) is 0 Å². The van der Waals surface area contributed by atoms with Gasteiger partial charge in [-0.15, -0.1) is 10.2 Å². The van der Waals surface area contributed by atoms with E-state index in [4.69, 9.17) is 0 Å². The summed E-state index contributed by atoms with van der Waals surface area (Å²) in [6, 6.07) is 19.5. The highest BCUT2D eigenvalue weighted by molar-refractivity contribution is 7.21. The number of nitrogens with zero attached hydrogens (tertiary/aromatic N) is 4. The molecule has 0 aliphatic carbocycles. The van der Waals surface area contributed by atoms with E-state index in [-0.39, 0.29) is 0 Å². The van der Waals surface area contributed by atoms with Crippen LogP contribution < -0.4 is 10.9 Å². The zero-order valence-electron chi connectivity index (χ0n) is 12.6. The summed E-state index contributed by atoms with van der Waals surface area (Å²) in [6.45, 7) is 0. The van der Waals surface area contributed by atoms with E-state index in [0.29, 0.717) is 5.82 Å². The number of rotatable bonds is 5. The molecule has 4 rings (SSSR count). The molecule has 0 atom stereocenters. The first-order chi connectivity index (χ1) is 11.9. The average Bonchev–Trinajstić information content (AvgIpc) is 3.21. The molecule has 0 spiro atoms. The van der Waals surface area contributed by atoms with Crippen molar-refractivity contribution in [1.29, 1.82) is 0 Å². The minimum absolute atomic E-state index is 0.708. The van der Waals surface area contributed by atoms with Crippen molar-refractivity contribution in [3.63, 3.8) is 0 Å². The van der Waals surface area contributed by atoms with E-state index in [2.05, 4.69) is 26.1 Å². The molecule has 0 amide bonds. The van der Waals surface area contributed by atoms with Gasteiger partial charge in [-0.1, -0.05) is 47.7 Å². The van der Waals surface area contributed by atoms with Crippen LogP contribution in [-0.4, -0.2) is 9.38 Å². The van der Waals surface area contributed by atoms with Gasteiger partial charge in [0.25, 0.3) is 0 Å². The molecule has 2 aromatic heterocycles. The number of anilines is 2. The van der Waals surface area contributed by atoms with Crippen LogP contribution in [0.5, 0.6) is 0 Å². The fourth-order valence-corrected chi connectivity index (χ4v) is 3.07. The molecular weight excluding hydrogens is 320 g/mol. The predicted molar refractivity (Wildman–Crippen MR) is 97.4 cm³/mol. The van der Waals surface area contributed by atoms with Gasteiger partial charge >= 0.3 is 0 Å². The topological polar surface area (TPSA) is 66.1 Å². The second kappa shape index (κ2) is 6.51. The Balaban J connectivity index is 1.63. The number of imidazole rings is 1. The zero-order chi connectivity index (χ0) is 16.2. The number of hydrogen-bond acceptors (Lipinski definition) is 6. The molecule has 0 unspecified atom stereocenters. The summed E-state index contributed by atoms with van der Waals surface area (Å²) in [5.74, 6) is 0.708. The number of hydrogen-bond donors (Lipinski definition) is 2. The lowest BCUT2D eigenvalue weighted by Crippen LogP contribution is -2.07. The maximum Gasteiger partial charge on any atom is 0.197 e. The Hall–Kier alpha value is -3.19. The van der Waals surface area contributed by atoms with Gasteiger partial charge in [-0.2, -0.15) is 0 Å². The Labute approximate surface area is 142 Å². The van der Waals surface area contributed by atoms with Crippen molar-refractivity contribution in [2.45, 2.75) is 0 Å². The van der Waals surface area contributed by atoms with Crippen molar-refractivity contribution in [2.24, 2.45) is 10.2 Å². The van der Waals surface area contributed by atoms with Crippen LogP contribution in [0.2, 0.25) is 0 Å². The second-order valence-electron chi connectivity index (χ2n) is 4.99. The fraction of sp³-hybridized carbons (Fsp3) is 0. The van der Waals surface area contributed by atoms with Crippen LogP contribution in [0.15, 0.2) is 83.3 Å². The monoisotopic (exact) mass is 334 g/mol. The first-order valence-electron chi connectivity index (χ1n) is 7.40. The number of nitrogens with one attached hydrogen (secondary N) is 2. The Morgan fingerprint density at radius 3 is 2.42 bits per heavy atom. The summed E-state index contributed by atoms with van der Waals surface area (Å²) in [7, 11) is 0. The first-order valence-corrected chi connectivity index (χ1v) is 8.21. The number of fused-ring (bicyclic) bond motifs is 1. The molecule has 0 saturated carbocycles. The van der Waals surface area contributed by atoms with Gasteiger partial charge < -0.3 is 5.43 Å². The van der Waals surface area contributed by atoms with Crippen molar-refractivity contribution in [2.75, 3.05) is 10.9 Å². The zero-order valence-corrected chi connectivity index (χ0v) is 13.4. The Bertz CT molecular complexity index is 959. The van der Waals surface area contributed by atoms with Crippen molar-refractivity contribution >= 4 is 38.5 Å². The van der Waals surface area contributed by atoms with Crippen molar-refractivity contribution in [1.82, 2.24) is 9.38 Å². The van der Waals surface area contributed by atoms with Gasteiger partial charge in [-0.3, -0.25) is 9.83 Å². The number of aromatic nitrogens is 2. The molecular formula is C17H14N6S. The quantitative estimate of drug-likeness (QED) is 0.387. The van der Waals surface area contributed by atoms with Crippen molar-refractivity contribution in [3.05, 3.63) is 73.1 Å². The summed E-state index contributed by atoms with van der Waals surface area (Å²) in [5, 5.41) is 9.56. The van der Waals surface area contributed by atoms with Crippen molar-refractivity contribution < 1.29 is 0 Å².